The van der Waals surface area contributed by atoms with E-state index in [2.05, 4.69) is 4.99 Å². The van der Waals surface area contributed by atoms with E-state index in [4.69, 9.17) is 31.1 Å². The first kappa shape index (κ1) is 22.8. The van der Waals surface area contributed by atoms with Gasteiger partial charge in [0.2, 0.25) is 5.90 Å². The lowest BCUT2D eigenvalue weighted by Gasteiger charge is -2.27. The van der Waals surface area contributed by atoms with Crippen molar-refractivity contribution in [3.05, 3.63) is 65.7 Å². The lowest BCUT2D eigenvalue weighted by molar-refractivity contribution is -0.132. The van der Waals surface area contributed by atoms with Gasteiger partial charge in [0.15, 0.2) is 5.60 Å². The third-order valence-electron chi connectivity index (χ3n) is 5.10. The lowest BCUT2D eigenvalue weighted by atomic mass is 9.90. The van der Waals surface area contributed by atoms with E-state index in [-0.39, 0.29) is 12.3 Å². The number of amides is 1. The summed E-state index contributed by atoms with van der Waals surface area (Å²) >= 11 is 6.08. The first-order valence-electron chi connectivity index (χ1n) is 10.2. The Morgan fingerprint density at radius 3 is 2.58 bits per heavy atom. The zero-order valence-corrected chi connectivity index (χ0v) is 18.2. The lowest BCUT2D eigenvalue weighted by Crippen LogP contribution is -2.40. The van der Waals surface area contributed by atoms with Gasteiger partial charge in [0.25, 0.3) is 5.91 Å². The molecule has 1 heterocycles. The second-order valence-electron chi connectivity index (χ2n) is 7.34. The van der Waals surface area contributed by atoms with Gasteiger partial charge in [0.1, 0.15) is 11.1 Å². The molecular formula is C24H25ClN2O4. The number of hydrogen-bond acceptors (Lipinski definition) is 5. The molecule has 0 unspecified atom stereocenters. The maximum atomic E-state index is 12.8. The Morgan fingerprint density at radius 1 is 1.16 bits per heavy atom. The number of rotatable bonds is 11. The van der Waals surface area contributed by atoms with Crippen molar-refractivity contribution < 1.29 is 19.0 Å². The van der Waals surface area contributed by atoms with E-state index in [0.717, 1.165) is 12.0 Å². The molecule has 1 amide bonds. The first-order valence-corrected chi connectivity index (χ1v) is 10.6. The normalized spacial score (nSPS) is 18.7. The van der Waals surface area contributed by atoms with E-state index in [1.807, 2.05) is 36.4 Å². The monoisotopic (exact) mass is 440 g/mol. The number of halogens is 1. The SMILES string of the molecule is COc1ccc(C2=NC(=O)[C@@](CCCCOCc3ccccc3)(C[C@@H](Cl)C#N)O2)cc1. The molecule has 0 spiro atoms. The molecule has 0 radical (unpaired) electrons. The summed E-state index contributed by atoms with van der Waals surface area (Å²) in [6.45, 7) is 1.11. The highest BCUT2D eigenvalue weighted by Crippen LogP contribution is 2.34. The smallest absolute Gasteiger partial charge is 0.293 e. The number of methoxy groups -OCH3 is 1. The molecular weight excluding hydrogens is 416 g/mol. The fourth-order valence-electron chi connectivity index (χ4n) is 3.41. The number of carbonyl (C=O) groups is 1. The number of benzene rings is 2. The highest BCUT2D eigenvalue weighted by atomic mass is 35.5. The van der Waals surface area contributed by atoms with E-state index in [1.54, 1.807) is 31.4 Å². The molecule has 162 valence electrons. The number of carbonyl (C=O) groups excluding carboxylic acids is 1. The van der Waals surface area contributed by atoms with Gasteiger partial charge in [-0.1, -0.05) is 30.3 Å². The molecule has 0 N–H and O–H groups in total. The van der Waals surface area contributed by atoms with Gasteiger partial charge in [0.05, 0.1) is 19.8 Å². The second-order valence-corrected chi connectivity index (χ2v) is 7.87. The van der Waals surface area contributed by atoms with Crippen LogP contribution in [0.4, 0.5) is 0 Å². The van der Waals surface area contributed by atoms with Gasteiger partial charge in [-0.3, -0.25) is 4.79 Å². The van der Waals surface area contributed by atoms with Crippen LogP contribution in [0.15, 0.2) is 59.6 Å². The molecule has 0 saturated heterocycles. The fraction of sp³-hybridized carbons (Fsp3) is 0.375. The van der Waals surface area contributed by atoms with Gasteiger partial charge in [0, 0.05) is 18.6 Å². The highest BCUT2D eigenvalue weighted by molar-refractivity contribution is 6.22. The molecule has 2 aromatic rings. The van der Waals surface area contributed by atoms with E-state index >= 15 is 0 Å². The van der Waals surface area contributed by atoms with Crippen molar-refractivity contribution in [2.45, 2.75) is 43.3 Å². The van der Waals surface area contributed by atoms with Gasteiger partial charge < -0.3 is 14.2 Å². The van der Waals surface area contributed by atoms with Crippen molar-refractivity contribution in [3.8, 4) is 11.8 Å². The first-order chi connectivity index (χ1) is 15.1. The average Bonchev–Trinajstić information content (AvgIpc) is 3.12. The molecule has 3 rings (SSSR count). The number of alkyl halides is 1. The average molecular weight is 441 g/mol. The van der Waals surface area contributed by atoms with E-state index in [0.29, 0.717) is 37.4 Å². The van der Waals surface area contributed by atoms with E-state index in [1.165, 1.54) is 0 Å². The Kier molecular flexibility index (Phi) is 8.05. The maximum absolute atomic E-state index is 12.8. The molecule has 0 fully saturated rings. The van der Waals surface area contributed by atoms with Crippen molar-refractivity contribution in [2.75, 3.05) is 13.7 Å². The van der Waals surface area contributed by atoms with Crippen LogP contribution in [0.1, 0.15) is 36.8 Å². The number of unbranched alkanes of at least 4 members (excludes halogenated alkanes) is 1. The number of nitriles is 1. The maximum Gasteiger partial charge on any atom is 0.293 e. The van der Waals surface area contributed by atoms with Gasteiger partial charge in [-0.2, -0.15) is 10.3 Å². The minimum atomic E-state index is -1.23. The van der Waals surface area contributed by atoms with Crippen molar-refractivity contribution >= 4 is 23.4 Å². The zero-order chi connectivity index (χ0) is 22.1. The van der Waals surface area contributed by atoms with Crippen LogP contribution in [0.25, 0.3) is 0 Å². The van der Waals surface area contributed by atoms with Gasteiger partial charge in [-0.05, 0) is 49.1 Å². The third-order valence-corrected chi connectivity index (χ3v) is 5.35. The summed E-state index contributed by atoms with van der Waals surface area (Å²) in [5, 5.41) is 8.32. The van der Waals surface area contributed by atoms with E-state index in [9.17, 15) is 4.79 Å². The number of hydrogen-bond donors (Lipinski definition) is 0. The van der Waals surface area contributed by atoms with Crippen molar-refractivity contribution in [1.82, 2.24) is 0 Å². The van der Waals surface area contributed by atoms with Crippen LogP contribution in [0.2, 0.25) is 0 Å². The number of ether oxygens (including phenoxy) is 3. The summed E-state index contributed by atoms with van der Waals surface area (Å²) in [4.78, 5) is 16.9. The fourth-order valence-corrected chi connectivity index (χ4v) is 3.66. The van der Waals surface area contributed by atoms with Crippen molar-refractivity contribution in [2.24, 2.45) is 4.99 Å². The van der Waals surface area contributed by atoms with Gasteiger partial charge >= 0.3 is 0 Å². The molecule has 2 atom stereocenters. The molecule has 0 bridgehead atoms. The van der Waals surface area contributed by atoms with Gasteiger partial charge in [-0.15, -0.1) is 11.6 Å². The van der Waals surface area contributed by atoms with Crippen LogP contribution in [0.5, 0.6) is 5.75 Å². The molecule has 0 aliphatic carbocycles. The summed E-state index contributed by atoms with van der Waals surface area (Å²) < 4.78 is 16.9. The van der Waals surface area contributed by atoms with Crippen LogP contribution < -0.4 is 4.74 Å². The second kappa shape index (κ2) is 10.9. The number of nitrogens with zero attached hydrogens (tertiary/aromatic N) is 2. The predicted octanol–water partition coefficient (Wildman–Crippen LogP) is 4.65. The van der Waals surface area contributed by atoms with Crippen LogP contribution in [-0.4, -0.2) is 36.5 Å². The highest BCUT2D eigenvalue weighted by Gasteiger charge is 2.47. The molecule has 0 saturated carbocycles. The summed E-state index contributed by atoms with van der Waals surface area (Å²) in [5.74, 6) is 0.542. The summed E-state index contributed by atoms with van der Waals surface area (Å²) in [6.07, 6.45) is 1.93. The van der Waals surface area contributed by atoms with Crippen LogP contribution in [0, 0.1) is 11.3 Å². The molecule has 0 aromatic heterocycles. The van der Waals surface area contributed by atoms with Crippen LogP contribution >= 0.6 is 11.6 Å². The molecule has 1 aliphatic heterocycles. The topological polar surface area (TPSA) is 80.9 Å². The Labute approximate surface area is 187 Å². The summed E-state index contributed by atoms with van der Waals surface area (Å²) in [7, 11) is 1.58. The number of aliphatic imine (C=N–C) groups is 1. The molecule has 7 heteroatoms. The molecule has 1 aliphatic rings. The standard InChI is InChI=1S/C24H25ClN2O4/c1-29-21-11-9-19(10-12-21)22-27-23(28)24(31-22,15-20(25)16-26)13-5-6-14-30-17-18-7-3-2-4-8-18/h2-4,7-12,20H,5-6,13-15,17H2,1H3/t20-,24-/m1/s1. The molecule has 2 aromatic carbocycles. The Morgan fingerprint density at radius 2 is 1.90 bits per heavy atom. The minimum absolute atomic E-state index is 0.0813. The Hall–Kier alpha value is -2.88. The molecule has 31 heavy (non-hydrogen) atoms. The van der Waals surface area contributed by atoms with Crippen LogP contribution in [0.3, 0.4) is 0 Å². The quantitative estimate of drug-likeness (QED) is 0.375. The Bertz CT molecular complexity index is 940. The third kappa shape index (κ3) is 6.06. The summed E-state index contributed by atoms with van der Waals surface area (Å²) in [6, 6.07) is 19.0. The zero-order valence-electron chi connectivity index (χ0n) is 17.4. The van der Waals surface area contributed by atoms with Crippen molar-refractivity contribution in [3.63, 3.8) is 0 Å². The summed E-state index contributed by atoms with van der Waals surface area (Å²) in [5.41, 5.74) is 0.562. The predicted molar refractivity (Wildman–Crippen MR) is 118 cm³/mol. The molecule has 6 nitrogen and oxygen atoms in total. The minimum Gasteiger partial charge on any atom is -0.497 e. The largest absolute Gasteiger partial charge is 0.497 e. The Balaban J connectivity index is 1.57. The van der Waals surface area contributed by atoms with Crippen LogP contribution in [-0.2, 0) is 20.9 Å². The van der Waals surface area contributed by atoms with Crippen molar-refractivity contribution in [1.29, 1.82) is 5.26 Å². The van der Waals surface area contributed by atoms with E-state index < -0.39 is 16.9 Å². The van der Waals surface area contributed by atoms with Gasteiger partial charge in [-0.25, -0.2) is 0 Å².